The van der Waals surface area contributed by atoms with Crippen molar-refractivity contribution < 1.29 is 37.4 Å². The van der Waals surface area contributed by atoms with Crippen molar-refractivity contribution in [3.63, 3.8) is 0 Å². The molecule has 0 amide bonds. The second-order valence-corrected chi connectivity index (χ2v) is 5.03. The second kappa shape index (κ2) is 5.41. The van der Waals surface area contributed by atoms with Crippen LogP contribution in [0.15, 0.2) is 0 Å². The summed E-state index contributed by atoms with van der Waals surface area (Å²) in [6, 6.07) is 0. The second-order valence-electron chi connectivity index (χ2n) is 5.03. The van der Waals surface area contributed by atoms with E-state index in [4.69, 9.17) is 4.74 Å². The summed E-state index contributed by atoms with van der Waals surface area (Å²) >= 11 is 0. The van der Waals surface area contributed by atoms with E-state index in [1.54, 1.807) is 0 Å². The van der Waals surface area contributed by atoms with Gasteiger partial charge in [-0.1, -0.05) is 26.9 Å². The van der Waals surface area contributed by atoms with Gasteiger partial charge in [0.05, 0.1) is 5.60 Å². The summed E-state index contributed by atoms with van der Waals surface area (Å²) in [6.07, 6.45) is 2.52. The van der Waals surface area contributed by atoms with Crippen molar-refractivity contribution in [3.05, 3.63) is 6.42 Å². The summed E-state index contributed by atoms with van der Waals surface area (Å²) in [5.41, 5.74) is 0.0309. The molecule has 0 N–H and O–H groups in total. The standard InChI is InChI=1S/C12H23O.Y/c1-7-11-9(3)8(2)10(4)12(5,6)13-11;/h7-11H,1-6H3;/q-1;. The predicted octanol–water partition coefficient (Wildman–Crippen LogP) is 3.29. The van der Waals surface area contributed by atoms with Crippen LogP contribution < -0.4 is 0 Å². The maximum Gasteiger partial charge on any atom is 0.0622 e. The Morgan fingerprint density at radius 2 is 1.57 bits per heavy atom. The van der Waals surface area contributed by atoms with Gasteiger partial charge in [-0.05, 0) is 31.6 Å². The first-order valence-electron chi connectivity index (χ1n) is 5.37. The van der Waals surface area contributed by atoms with Crippen LogP contribution in [0.25, 0.3) is 0 Å². The molecule has 1 aliphatic heterocycles. The fourth-order valence-corrected chi connectivity index (χ4v) is 2.32. The average Bonchev–Trinajstić information content (AvgIpc) is 2.08. The molecule has 4 unspecified atom stereocenters. The topological polar surface area (TPSA) is 9.23 Å². The van der Waals surface area contributed by atoms with Crippen LogP contribution in [0.5, 0.6) is 0 Å². The molecular formula is C12H23OY-. The van der Waals surface area contributed by atoms with Gasteiger partial charge in [-0.15, -0.1) is 0 Å². The summed E-state index contributed by atoms with van der Waals surface area (Å²) in [6.45, 7) is 13.4. The van der Waals surface area contributed by atoms with E-state index in [2.05, 4.69) is 48.0 Å². The van der Waals surface area contributed by atoms with Crippen LogP contribution in [0.3, 0.4) is 0 Å². The smallest absolute Gasteiger partial charge is 0.0622 e. The monoisotopic (exact) mass is 272 g/mol. The summed E-state index contributed by atoms with van der Waals surface area (Å²) in [7, 11) is 0. The van der Waals surface area contributed by atoms with Crippen LogP contribution >= 0.6 is 0 Å². The van der Waals surface area contributed by atoms with Gasteiger partial charge in [-0.25, -0.2) is 0 Å². The minimum atomic E-state index is 0. The van der Waals surface area contributed by atoms with E-state index in [9.17, 15) is 0 Å². The molecule has 0 bridgehead atoms. The molecule has 1 rings (SSSR count). The van der Waals surface area contributed by atoms with Crippen molar-refractivity contribution in [1.29, 1.82) is 0 Å². The van der Waals surface area contributed by atoms with Crippen molar-refractivity contribution in [3.8, 4) is 0 Å². The van der Waals surface area contributed by atoms with Gasteiger partial charge in [-0.2, -0.15) is 6.92 Å². The average molecular weight is 272 g/mol. The van der Waals surface area contributed by atoms with E-state index in [1.165, 1.54) is 0 Å². The molecule has 1 heterocycles. The molecule has 1 fully saturated rings. The zero-order chi connectivity index (χ0) is 10.2. The van der Waals surface area contributed by atoms with E-state index >= 15 is 0 Å². The molecule has 0 aromatic heterocycles. The number of hydrogen-bond acceptors (Lipinski definition) is 1. The third-order valence-corrected chi connectivity index (χ3v) is 4.00. The molecule has 0 aromatic carbocycles. The Labute approximate surface area is 114 Å². The molecule has 81 valence electrons. The minimum absolute atomic E-state index is 0. The van der Waals surface area contributed by atoms with Gasteiger partial charge in [0, 0.05) is 32.7 Å². The summed E-state index contributed by atoms with van der Waals surface area (Å²) < 4.78 is 6.06. The molecule has 0 aliphatic carbocycles. The number of hydrogen-bond donors (Lipinski definition) is 0. The molecule has 0 saturated carbocycles. The van der Waals surface area contributed by atoms with Crippen LogP contribution in [0.4, 0.5) is 0 Å². The number of rotatable bonds is 1. The van der Waals surface area contributed by atoms with Gasteiger partial charge in [0.15, 0.2) is 0 Å². The van der Waals surface area contributed by atoms with Crippen molar-refractivity contribution in [1.82, 2.24) is 0 Å². The first-order valence-corrected chi connectivity index (χ1v) is 5.37. The molecule has 2 heteroatoms. The quantitative estimate of drug-likeness (QED) is 0.665. The van der Waals surface area contributed by atoms with Crippen molar-refractivity contribution in [2.45, 2.75) is 53.2 Å². The Morgan fingerprint density at radius 3 is 2.00 bits per heavy atom. The summed E-state index contributed by atoms with van der Waals surface area (Å²) in [4.78, 5) is 0. The third kappa shape index (κ3) is 2.80. The predicted molar refractivity (Wildman–Crippen MR) is 56.4 cm³/mol. The van der Waals surface area contributed by atoms with Gasteiger partial charge in [0.2, 0.25) is 0 Å². The van der Waals surface area contributed by atoms with Gasteiger partial charge in [0.25, 0.3) is 0 Å². The van der Waals surface area contributed by atoms with Crippen molar-refractivity contribution in [2.75, 3.05) is 0 Å². The molecular weight excluding hydrogens is 249 g/mol. The van der Waals surface area contributed by atoms with Crippen LogP contribution in [0.2, 0.25) is 0 Å². The SMILES string of the molecule is C[CH-]C1OC(C)(C)C(C)C(C)C1C.[Y]. The van der Waals surface area contributed by atoms with Crippen LogP contribution in [-0.4, -0.2) is 11.7 Å². The fraction of sp³-hybridized carbons (Fsp3) is 0.917. The third-order valence-electron chi connectivity index (χ3n) is 4.00. The largest absolute Gasteiger partial charge is 0.404 e. The molecule has 1 radical (unpaired) electrons. The minimum Gasteiger partial charge on any atom is -0.404 e. The molecule has 0 spiro atoms. The Morgan fingerprint density at radius 1 is 1.07 bits per heavy atom. The Bertz CT molecular complexity index is 177. The molecule has 14 heavy (non-hydrogen) atoms. The normalized spacial score (nSPS) is 41.6. The van der Waals surface area contributed by atoms with E-state index in [0.29, 0.717) is 17.9 Å². The molecule has 1 nitrogen and oxygen atoms in total. The van der Waals surface area contributed by atoms with E-state index < -0.39 is 0 Å². The summed E-state index contributed by atoms with van der Waals surface area (Å²) in [5, 5.41) is 0. The van der Waals surface area contributed by atoms with Crippen LogP contribution in [0, 0.1) is 24.2 Å². The van der Waals surface area contributed by atoms with Crippen LogP contribution in [-0.2, 0) is 37.4 Å². The molecule has 1 saturated heterocycles. The zero-order valence-corrected chi connectivity index (χ0v) is 13.2. The maximum absolute atomic E-state index is 6.06. The molecule has 4 atom stereocenters. The van der Waals surface area contributed by atoms with Crippen LogP contribution in [0.1, 0.15) is 41.5 Å². The zero-order valence-electron chi connectivity index (χ0n) is 10.4. The van der Waals surface area contributed by atoms with E-state index in [-0.39, 0.29) is 38.3 Å². The summed E-state index contributed by atoms with van der Waals surface area (Å²) in [5.74, 6) is 2.02. The van der Waals surface area contributed by atoms with E-state index in [1.807, 2.05) is 0 Å². The van der Waals surface area contributed by atoms with Gasteiger partial charge >= 0.3 is 0 Å². The van der Waals surface area contributed by atoms with Crippen molar-refractivity contribution >= 4 is 0 Å². The Balaban J connectivity index is 0.00000169. The van der Waals surface area contributed by atoms with Gasteiger partial charge in [0.1, 0.15) is 0 Å². The first-order chi connectivity index (χ1) is 5.90. The number of ether oxygens (including phenoxy) is 1. The van der Waals surface area contributed by atoms with Crippen molar-refractivity contribution in [2.24, 2.45) is 17.8 Å². The fourth-order valence-electron chi connectivity index (χ4n) is 2.32. The molecule has 0 aromatic rings. The van der Waals surface area contributed by atoms with E-state index in [0.717, 1.165) is 5.92 Å². The van der Waals surface area contributed by atoms with Gasteiger partial charge in [-0.3, -0.25) is 0 Å². The Hall–Kier alpha value is 1.06. The Kier molecular flexibility index (Phi) is 5.82. The maximum atomic E-state index is 6.06. The molecule has 1 aliphatic rings. The first kappa shape index (κ1) is 15.1. The van der Waals surface area contributed by atoms with Gasteiger partial charge < -0.3 is 11.2 Å².